The minimum absolute atomic E-state index is 0.00185. The minimum Gasteiger partial charge on any atom is -0.314 e. The summed E-state index contributed by atoms with van der Waals surface area (Å²) in [5.41, 5.74) is 12.9. The van der Waals surface area contributed by atoms with E-state index in [2.05, 4.69) is 144 Å². The van der Waals surface area contributed by atoms with Crippen LogP contribution >= 0.6 is 0 Å². The molecule has 0 unspecified atom stereocenters. The second-order valence-corrected chi connectivity index (χ2v) is 10.6. The normalized spacial score (nSPS) is 13.9. The number of fused-ring (bicyclic) bond motifs is 8. The van der Waals surface area contributed by atoms with E-state index in [1.54, 1.807) is 0 Å². The quantitative estimate of drug-likeness (QED) is 0.236. The van der Waals surface area contributed by atoms with Crippen LogP contribution in [-0.4, -0.2) is 8.97 Å². The van der Waals surface area contributed by atoms with Crippen LogP contribution < -0.4 is 0 Å². The Balaban J connectivity index is 1.52. The summed E-state index contributed by atoms with van der Waals surface area (Å²) in [4.78, 5) is 0. The van der Waals surface area contributed by atoms with Gasteiger partial charge in [0.2, 0.25) is 0 Å². The highest BCUT2D eigenvalue weighted by molar-refractivity contribution is 6.20. The van der Waals surface area contributed by atoms with Crippen molar-refractivity contribution in [1.82, 2.24) is 8.97 Å². The third kappa shape index (κ3) is 2.65. The topological polar surface area (TPSA) is 9.34 Å². The molecule has 4 aromatic carbocycles. The van der Waals surface area contributed by atoms with Gasteiger partial charge in [-0.3, -0.25) is 0 Å². The summed E-state index contributed by atoms with van der Waals surface area (Å²) in [7, 11) is 0. The second kappa shape index (κ2) is 7.24. The lowest BCUT2D eigenvalue weighted by atomic mass is 9.82. The maximum Gasteiger partial charge on any atom is 0.0803 e. The summed E-state index contributed by atoms with van der Waals surface area (Å²) >= 11 is 0. The van der Waals surface area contributed by atoms with Crippen molar-refractivity contribution in [1.29, 1.82) is 0 Å². The molecule has 0 saturated heterocycles. The van der Waals surface area contributed by atoms with Crippen molar-refractivity contribution in [3.05, 3.63) is 133 Å². The summed E-state index contributed by atoms with van der Waals surface area (Å²) in [6.07, 6.45) is 2.19. The monoisotopic (exact) mass is 474 g/mol. The predicted octanol–water partition coefficient (Wildman–Crippen LogP) is 9.01. The summed E-state index contributed by atoms with van der Waals surface area (Å²) < 4.78 is 4.83. The van der Waals surface area contributed by atoms with Gasteiger partial charge in [0.1, 0.15) is 0 Å². The third-order valence-electron chi connectivity index (χ3n) is 8.33. The standard InChI is InChI=1S/C35H26N2/c1-35(2)28-16-8-6-14-25(28)27-22-24(19-20-29(27)35)37-30-17-9-7-15-26(30)32-33(23-12-4-3-5-13-23)36-21-11-10-18-31(36)34(32)37/h3-22H,1-2H3. The van der Waals surface area contributed by atoms with Crippen LogP contribution in [0, 0.1) is 0 Å². The molecule has 7 aromatic rings. The Morgan fingerprint density at radius 3 is 2.19 bits per heavy atom. The second-order valence-electron chi connectivity index (χ2n) is 10.6. The smallest absolute Gasteiger partial charge is 0.0803 e. The zero-order valence-electron chi connectivity index (χ0n) is 20.9. The molecule has 176 valence electrons. The highest BCUT2D eigenvalue weighted by atomic mass is 15.0. The summed E-state index contributed by atoms with van der Waals surface area (Å²) in [5, 5.41) is 2.58. The molecule has 0 saturated carbocycles. The molecule has 0 fully saturated rings. The predicted molar refractivity (Wildman–Crippen MR) is 155 cm³/mol. The Morgan fingerprint density at radius 2 is 1.30 bits per heavy atom. The highest BCUT2D eigenvalue weighted by Crippen LogP contribution is 2.50. The van der Waals surface area contributed by atoms with Gasteiger partial charge in [0.05, 0.1) is 22.2 Å². The molecule has 0 radical (unpaired) electrons. The molecule has 0 aliphatic heterocycles. The van der Waals surface area contributed by atoms with Crippen molar-refractivity contribution in [3.63, 3.8) is 0 Å². The van der Waals surface area contributed by atoms with Crippen molar-refractivity contribution >= 4 is 27.3 Å². The van der Waals surface area contributed by atoms with E-state index in [0.717, 1.165) is 0 Å². The van der Waals surface area contributed by atoms with Gasteiger partial charge in [-0.15, -0.1) is 0 Å². The van der Waals surface area contributed by atoms with Crippen molar-refractivity contribution in [3.8, 4) is 28.1 Å². The fraction of sp³-hybridized carbons (Fsp3) is 0.0857. The zero-order valence-corrected chi connectivity index (χ0v) is 20.9. The van der Waals surface area contributed by atoms with E-state index >= 15 is 0 Å². The summed E-state index contributed by atoms with van der Waals surface area (Å²) in [6.45, 7) is 4.68. The number of pyridine rings is 1. The fourth-order valence-corrected chi connectivity index (χ4v) is 6.67. The number of rotatable bonds is 2. The van der Waals surface area contributed by atoms with Gasteiger partial charge in [0.25, 0.3) is 0 Å². The maximum atomic E-state index is 2.47. The van der Waals surface area contributed by atoms with E-state index < -0.39 is 0 Å². The average molecular weight is 475 g/mol. The lowest BCUT2D eigenvalue weighted by Gasteiger charge is -2.21. The van der Waals surface area contributed by atoms with Crippen LogP contribution in [0.25, 0.3) is 55.4 Å². The van der Waals surface area contributed by atoms with Crippen LogP contribution in [0.2, 0.25) is 0 Å². The Morgan fingerprint density at radius 1 is 0.595 bits per heavy atom. The van der Waals surface area contributed by atoms with Gasteiger partial charge in [-0.25, -0.2) is 0 Å². The molecule has 2 nitrogen and oxygen atoms in total. The Kier molecular flexibility index (Phi) is 4.03. The summed E-state index contributed by atoms with van der Waals surface area (Å²) in [6, 6.07) is 42.1. The number of nitrogens with zero attached hydrogens (tertiary/aromatic N) is 2. The molecule has 3 heterocycles. The SMILES string of the molecule is CC1(C)c2ccccc2-c2cc(-n3c4ccccc4c4c(-c5ccccc5)n5ccccc5c43)ccc21. The number of aromatic nitrogens is 2. The molecule has 1 aliphatic rings. The molecule has 37 heavy (non-hydrogen) atoms. The first-order chi connectivity index (χ1) is 18.1. The average Bonchev–Trinajstić information content (AvgIpc) is 3.53. The molecule has 0 spiro atoms. The molecule has 0 amide bonds. The van der Waals surface area contributed by atoms with E-state index in [4.69, 9.17) is 0 Å². The van der Waals surface area contributed by atoms with Crippen molar-refractivity contribution in [2.75, 3.05) is 0 Å². The molecular formula is C35H26N2. The fourth-order valence-electron chi connectivity index (χ4n) is 6.67. The Bertz CT molecular complexity index is 1990. The van der Waals surface area contributed by atoms with Gasteiger partial charge in [-0.1, -0.05) is 98.8 Å². The van der Waals surface area contributed by atoms with E-state index in [0.29, 0.717) is 0 Å². The van der Waals surface area contributed by atoms with Gasteiger partial charge in [0.15, 0.2) is 0 Å². The third-order valence-corrected chi connectivity index (χ3v) is 8.33. The van der Waals surface area contributed by atoms with Crippen LogP contribution in [-0.2, 0) is 5.41 Å². The minimum atomic E-state index is 0.00185. The highest BCUT2D eigenvalue weighted by Gasteiger charge is 2.35. The van der Waals surface area contributed by atoms with E-state index in [1.165, 1.54) is 66.5 Å². The lowest BCUT2D eigenvalue weighted by molar-refractivity contribution is 0.660. The van der Waals surface area contributed by atoms with Crippen LogP contribution in [0.1, 0.15) is 25.0 Å². The molecular weight excluding hydrogens is 448 g/mol. The van der Waals surface area contributed by atoms with E-state index in [9.17, 15) is 0 Å². The van der Waals surface area contributed by atoms with Crippen molar-refractivity contribution < 1.29 is 0 Å². The van der Waals surface area contributed by atoms with Crippen molar-refractivity contribution in [2.24, 2.45) is 0 Å². The molecule has 0 bridgehead atoms. The number of hydrogen-bond donors (Lipinski definition) is 0. The van der Waals surface area contributed by atoms with Gasteiger partial charge in [-0.2, -0.15) is 0 Å². The number of benzene rings is 4. The van der Waals surface area contributed by atoms with Gasteiger partial charge in [-0.05, 0) is 58.1 Å². The molecule has 3 aromatic heterocycles. The van der Waals surface area contributed by atoms with Crippen LogP contribution in [0.4, 0.5) is 0 Å². The van der Waals surface area contributed by atoms with Gasteiger partial charge >= 0.3 is 0 Å². The first-order valence-corrected chi connectivity index (χ1v) is 13.0. The maximum absolute atomic E-state index is 2.47. The largest absolute Gasteiger partial charge is 0.314 e. The Hall–Kier alpha value is -4.56. The van der Waals surface area contributed by atoms with Gasteiger partial charge < -0.3 is 8.97 Å². The molecule has 2 heteroatoms. The molecule has 0 N–H and O–H groups in total. The van der Waals surface area contributed by atoms with Gasteiger partial charge in [0, 0.05) is 28.1 Å². The van der Waals surface area contributed by atoms with E-state index in [-0.39, 0.29) is 5.41 Å². The van der Waals surface area contributed by atoms with Crippen LogP contribution in [0.3, 0.4) is 0 Å². The molecule has 1 aliphatic carbocycles. The van der Waals surface area contributed by atoms with Crippen LogP contribution in [0.5, 0.6) is 0 Å². The summed E-state index contributed by atoms with van der Waals surface area (Å²) in [5.74, 6) is 0. The Labute approximate surface area is 216 Å². The zero-order chi connectivity index (χ0) is 24.7. The molecule has 0 atom stereocenters. The van der Waals surface area contributed by atoms with Crippen LogP contribution in [0.15, 0.2) is 121 Å². The number of para-hydroxylation sites is 1. The lowest BCUT2D eigenvalue weighted by Crippen LogP contribution is -2.14. The number of hydrogen-bond acceptors (Lipinski definition) is 0. The molecule has 8 rings (SSSR count). The first kappa shape index (κ1) is 20.6. The van der Waals surface area contributed by atoms with Crippen molar-refractivity contribution in [2.45, 2.75) is 19.3 Å². The first-order valence-electron chi connectivity index (χ1n) is 13.0. The van der Waals surface area contributed by atoms with E-state index in [1.807, 2.05) is 0 Å².